The summed E-state index contributed by atoms with van der Waals surface area (Å²) < 4.78 is 13.0. The minimum atomic E-state index is -2.34. The summed E-state index contributed by atoms with van der Waals surface area (Å²) in [5, 5.41) is 88.3. The molecule has 12 atom stereocenters. The number of ether oxygens (including phenoxy) is 2. The Morgan fingerprint density at radius 3 is 2.57 bits per heavy atom. The highest BCUT2D eigenvalue weighted by atomic mass is 33.1. The van der Waals surface area contributed by atoms with Gasteiger partial charge in [-0.25, -0.2) is 0 Å². The average Bonchev–Trinajstić information content (AvgIpc) is 3.93. The van der Waals surface area contributed by atoms with Gasteiger partial charge in [-0.15, -0.1) is 0 Å². The number of carbonyl (C=O) groups excluding carboxylic acids is 3. The number of dihydropyridines is 1. The Morgan fingerprint density at radius 2 is 1.78 bits per heavy atom. The summed E-state index contributed by atoms with van der Waals surface area (Å²) in [6.07, 6.45) is 8.44. The average molecular weight is 957 g/mol. The number of hydrogen-bond donors (Lipinski definition) is 9. The van der Waals surface area contributed by atoms with Crippen molar-refractivity contribution in [3.8, 4) is 5.75 Å². The lowest BCUT2D eigenvalue weighted by atomic mass is 9.51. The quantitative estimate of drug-likeness (QED) is 0.129. The predicted molar refractivity (Wildman–Crippen MR) is 250 cm³/mol. The van der Waals surface area contributed by atoms with Crippen molar-refractivity contribution < 1.29 is 59.6 Å². The number of aliphatic hydroxyl groups excluding tert-OH is 6. The smallest absolute Gasteiger partial charge is 0.229 e. The standard InChI is InChI=1S/C51H60N2O12S2/c54-18-4-10-39-50-35(21-31(22-38(50)58)20-29-5-1-6-30(19-29)24-55)42(59)34-8-2-9-36(41(34)43(50)60)64-45-44(61)51(63)37(11-14-49(27-57,65-45)46(51)62)48(16-15-47(26-48)13-3-7-33(47)25-56)32-12-17-52-40(23-32)53-28-66-67-39/h1-2,5-6,8-9,12,19,21-23,25,33,35,37,39,44-46,52-55,57-58,61-63H,3-4,7,10-11,13-18,20,24,26-28H2/t33-,35-,37+,39+,44+,45-,46-,47-,48-,49-,50+,51-/m1/s1. The van der Waals surface area contributed by atoms with Crippen molar-refractivity contribution in [3.63, 3.8) is 0 Å². The molecule has 0 unspecified atom stereocenters. The summed E-state index contributed by atoms with van der Waals surface area (Å²) in [4.78, 5) is 43.8. The topological polar surface area (TPSA) is 235 Å². The van der Waals surface area contributed by atoms with E-state index in [4.69, 9.17) is 9.47 Å². The van der Waals surface area contributed by atoms with Crippen LogP contribution in [0.2, 0.25) is 0 Å². The lowest BCUT2D eigenvalue weighted by Gasteiger charge is -2.63. The van der Waals surface area contributed by atoms with E-state index in [0.29, 0.717) is 55.1 Å². The fraction of sp³-hybridized carbons (Fsp3) is 0.549. The molecule has 7 bridgehead atoms. The van der Waals surface area contributed by atoms with Crippen LogP contribution in [0.4, 0.5) is 0 Å². The number of aliphatic hydroxyl groups is 7. The lowest BCUT2D eigenvalue weighted by molar-refractivity contribution is -0.383. The molecule has 1 saturated heterocycles. The first-order valence-electron chi connectivity index (χ1n) is 23.6. The van der Waals surface area contributed by atoms with Crippen molar-refractivity contribution in [2.45, 2.75) is 112 Å². The summed E-state index contributed by atoms with van der Waals surface area (Å²) in [5.41, 5.74) is -4.26. The maximum atomic E-state index is 15.9. The molecule has 2 aromatic rings. The molecule has 3 saturated carbocycles. The molecule has 14 nitrogen and oxygen atoms in total. The zero-order valence-electron chi connectivity index (χ0n) is 37.3. The summed E-state index contributed by atoms with van der Waals surface area (Å²) in [7, 11) is 2.76. The van der Waals surface area contributed by atoms with Crippen LogP contribution in [0.15, 0.2) is 89.5 Å². The summed E-state index contributed by atoms with van der Waals surface area (Å²) in [6, 6.07) is 11.9. The van der Waals surface area contributed by atoms with Crippen LogP contribution in [0, 0.1) is 34.0 Å². The van der Waals surface area contributed by atoms with E-state index in [2.05, 4.69) is 16.7 Å². The minimum absolute atomic E-state index is 0.0265. The Balaban J connectivity index is 1.13. The van der Waals surface area contributed by atoms with Crippen molar-refractivity contribution in [1.29, 1.82) is 0 Å². The van der Waals surface area contributed by atoms with E-state index < -0.39 is 75.8 Å². The van der Waals surface area contributed by atoms with Gasteiger partial charge in [-0.2, -0.15) is 0 Å². The van der Waals surface area contributed by atoms with Crippen LogP contribution < -0.4 is 15.4 Å². The predicted octanol–water partition coefficient (Wildman–Crippen LogP) is 4.72. The molecule has 8 aliphatic rings. The van der Waals surface area contributed by atoms with Crippen molar-refractivity contribution in [2.24, 2.45) is 34.0 Å². The van der Waals surface area contributed by atoms with E-state index in [1.807, 2.05) is 24.3 Å². The Kier molecular flexibility index (Phi) is 12.4. The largest absolute Gasteiger partial charge is 0.511 e. The van der Waals surface area contributed by atoms with Crippen molar-refractivity contribution >= 4 is 39.4 Å². The molecule has 0 radical (unpaired) electrons. The van der Waals surface area contributed by atoms with Gasteiger partial charge in [0.25, 0.3) is 0 Å². The summed E-state index contributed by atoms with van der Waals surface area (Å²) >= 11 is 0. The Bertz CT molecular complexity index is 2460. The molecule has 3 heterocycles. The first kappa shape index (κ1) is 46.7. The Labute approximate surface area is 397 Å². The molecule has 4 fully saturated rings. The normalized spacial score (nSPS) is 38.9. The number of benzene rings is 2. The van der Waals surface area contributed by atoms with Gasteiger partial charge in [0.15, 0.2) is 11.6 Å². The van der Waals surface area contributed by atoms with Gasteiger partial charge < -0.3 is 60.6 Å². The third-order valence-electron chi connectivity index (χ3n) is 17.0. The van der Waals surface area contributed by atoms with E-state index in [1.54, 1.807) is 18.2 Å². The van der Waals surface area contributed by atoms with E-state index in [1.165, 1.54) is 39.8 Å². The molecule has 3 spiro atoms. The second-order valence-corrected chi connectivity index (χ2v) is 22.7. The summed E-state index contributed by atoms with van der Waals surface area (Å²) in [6.45, 7) is -0.665. The van der Waals surface area contributed by atoms with E-state index >= 15 is 9.59 Å². The van der Waals surface area contributed by atoms with Crippen LogP contribution in [0.1, 0.15) is 96.1 Å². The first-order chi connectivity index (χ1) is 32.3. The number of aldehydes is 1. The molecule has 0 amide bonds. The van der Waals surface area contributed by atoms with Gasteiger partial charge >= 0.3 is 0 Å². The van der Waals surface area contributed by atoms with Gasteiger partial charge in [-0.3, -0.25) is 9.59 Å². The van der Waals surface area contributed by atoms with Crippen LogP contribution >= 0.6 is 21.6 Å². The molecular formula is C51H60N2O12S2. The summed E-state index contributed by atoms with van der Waals surface area (Å²) in [5.74, 6) is -2.68. The van der Waals surface area contributed by atoms with Crippen LogP contribution in [0.3, 0.4) is 0 Å². The van der Waals surface area contributed by atoms with Crippen LogP contribution in [-0.4, -0.2) is 114 Å². The molecule has 67 heavy (non-hydrogen) atoms. The lowest BCUT2D eigenvalue weighted by Crippen LogP contribution is -2.79. The maximum Gasteiger partial charge on any atom is 0.229 e. The number of allylic oxidation sites excluding steroid dienone is 6. The number of Topliss-reactive ketones (excluding diaryl/α,β-unsaturated/α-hetero) is 2. The highest BCUT2D eigenvalue weighted by Gasteiger charge is 2.73. The molecule has 9 N–H and O–H groups in total. The van der Waals surface area contributed by atoms with Gasteiger partial charge in [0, 0.05) is 41.2 Å². The third kappa shape index (κ3) is 7.13. The molecule has 0 aromatic heterocycles. The van der Waals surface area contributed by atoms with Gasteiger partial charge in [0.2, 0.25) is 6.29 Å². The number of rotatable bonds is 8. The van der Waals surface area contributed by atoms with Crippen molar-refractivity contribution in [1.82, 2.24) is 10.6 Å². The van der Waals surface area contributed by atoms with Crippen LogP contribution in [-0.2, 0) is 22.6 Å². The molecule has 16 heteroatoms. The van der Waals surface area contributed by atoms with E-state index in [9.17, 15) is 40.5 Å². The van der Waals surface area contributed by atoms with Crippen LogP contribution in [0.25, 0.3) is 0 Å². The molecule has 3 aliphatic heterocycles. The van der Waals surface area contributed by atoms with Gasteiger partial charge in [0.05, 0.1) is 36.4 Å². The monoisotopic (exact) mass is 956 g/mol. The van der Waals surface area contributed by atoms with Crippen LogP contribution in [0.5, 0.6) is 5.75 Å². The van der Waals surface area contributed by atoms with E-state index in [0.717, 1.165) is 36.7 Å². The maximum absolute atomic E-state index is 15.9. The number of fused-ring (bicyclic) bond motifs is 5. The van der Waals surface area contributed by atoms with Crippen molar-refractivity contribution in [2.75, 3.05) is 25.6 Å². The first-order valence-corrected chi connectivity index (χ1v) is 26.0. The minimum Gasteiger partial charge on any atom is -0.511 e. The molecule has 10 rings (SSSR count). The van der Waals surface area contributed by atoms with Gasteiger partial charge in [-0.05, 0) is 110 Å². The number of nitrogens with one attached hydrogen (secondary N) is 2. The fourth-order valence-corrected chi connectivity index (χ4v) is 16.7. The second-order valence-electron chi connectivity index (χ2n) is 20.1. The van der Waals surface area contributed by atoms with Crippen molar-refractivity contribution in [3.05, 3.63) is 112 Å². The third-order valence-corrected chi connectivity index (χ3v) is 19.7. The number of carbonyl (C=O) groups is 3. The zero-order valence-corrected chi connectivity index (χ0v) is 38.9. The van der Waals surface area contributed by atoms with E-state index in [-0.39, 0.29) is 72.9 Å². The zero-order chi connectivity index (χ0) is 46.9. The molecule has 2 aromatic carbocycles. The highest BCUT2D eigenvalue weighted by Crippen LogP contribution is 2.69. The van der Waals surface area contributed by atoms with Gasteiger partial charge in [-0.1, -0.05) is 76.6 Å². The molecule has 358 valence electrons. The van der Waals surface area contributed by atoms with Gasteiger partial charge in [0.1, 0.15) is 46.6 Å². The second kappa shape index (κ2) is 17.8. The SMILES string of the molecule is O=C[C@H]1CCC[C@]12CC[C@@]1(C2)C2=CCNC(=C2)NCSS[C@@H](CCCO)[C@]23C(=O)c4c(cccc4C(=O)[C@H]2C=C(Cc2cccc(CO)c2)C=C3O)O[C@@H]2O[C@@]3(CO)CC[C@@H]1[C@](O)([C@@H]3O)[C@H]2O. The Morgan fingerprint density at radius 1 is 0.955 bits per heavy atom. The molecular weight excluding hydrogens is 897 g/mol. The Hall–Kier alpha value is -3.97. The fourth-order valence-electron chi connectivity index (χ4n) is 13.8. The highest BCUT2D eigenvalue weighted by molar-refractivity contribution is 8.76. The number of hydrogen-bond acceptors (Lipinski definition) is 16. The molecule has 5 aliphatic carbocycles. The number of ketones is 2.